The summed E-state index contributed by atoms with van der Waals surface area (Å²) >= 11 is 6.08. The van der Waals surface area contributed by atoms with Crippen LogP contribution in [0, 0.1) is 5.92 Å². The summed E-state index contributed by atoms with van der Waals surface area (Å²) in [6, 6.07) is 9.44. The van der Waals surface area contributed by atoms with E-state index < -0.39 is 5.38 Å². The van der Waals surface area contributed by atoms with Gasteiger partial charge >= 0.3 is 0 Å². The molecule has 0 bridgehead atoms. The molecule has 2 nitrogen and oxygen atoms in total. The molecule has 1 unspecified atom stereocenters. The maximum atomic E-state index is 11.7. The number of amides is 1. The van der Waals surface area contributed by atoms with E-state index in [9.17, 15) is 4.79 Å². The smallest absolute Gasteiger partial charge is 0.242 e. The Labute approximate surface area is 101 Å². The summed E-state index contributed by atoms with van der Waals surface area (Å²) in [5.74, 6) is 0.749. The number of halogens is 1. The molecule has 1 aliphatic carbocycles. The lowest BCUT2D eigenvalue weighted by Crippen LogP contribution is -2.28. The molecular weight excluding hydrogens is 222 g/mol. The Balaban J connectivity index is 1.79. The molecule has 1 N–H and O–H groups in total. The second-order valence-corrected chi connectivity index (χ2v) is 4.73. The predicted octanol–water partition coefficient (Wildman–Crippen LogP) is 2.88. The van der Waals surface area contributed by atoms with Gasteiger partial charge in [-0.15, -0.1) is 11.6 Å². The lowest BCUT2D eigenvalue weighted by molar-refractivity contribution is -0.120. The third-order valence-electron chi connectivity index (χ3n) is 2.87. The lowest BCUT2D eigenvalue weighted by Gasteiger charge is -2.10. The van der Waals surface area contributed by atoms with E-state index in [1.165, 1.54) is 12.8 Å². The van der Waals surface area contributed by atoms with Crippen LogP contribution in [-0.2, 0) is 4.79 Å². The average molecular weight is 238 g/mol. The average Bonchev–Trinajstić information content (AvgIpc) is 3.13. The van der Waals surface area contributed by atoms with Crippen molar-refractivity contribution in [1.29, 1.82) is 0 Å². The molecule has 0 aromatic heterocycles. The van der Waals surface area contributed by atoms with Crippen LogP contribution in [0.25, 0.3) is 0 Å². The van der Waals surface area contributed by atoms with Crippen molar-refractivity contribution in [2.24, 2.45) is 5.92 Å². The minimum Gasteiger partial charge on any atom is -0.355 e. The van der Waals surface area contributed by atoms with Crippen LogP contribution in [-0.4, -0.2) is 12.5 Å². The number of alkyl halides is 1. The van der Waals surface area contributed by atoms with Crippen molar-refractivity contribution in [2.75, 3.05) is 6.54 Å². The van der Waals surface area contributed by atoms with Gasteiger partial charge in [-0.2, -0.15) is 0 Å². The summed E-state index contributed by atoms with van der Waals surface area (Å²) in [6.45, 7) is 0.750. The SMILES string of the molecule is O=C(NCCC1CC1)C(Cl)c1ccccc1. The van der Waals surface area contributed by atoms with E-state index in [0.29, 0.717) is 0 Å². The van der Waals surface area contributed by atoms with Gasteiger partial charge in [0.15, 0.2) is 0 Å². The van der Waals surface area contributed by atoms with Crippen molar-refractivity contribution in [1.82, 2.24) is 5.32 Å². The van der Waals surface area contributed by atoms with Crippen molar-refractivity contribution in [3.05, 3.63) is 35.9 Å². The number of carbonyl (C=O) groups excluding carboxylic acids is 1. The highest BCUT2D eigenvalue weighted by Gasteiger charge is 2.22. The highest BCUT2D eigenvalue weighted by Crippen LogP contribution is 2.31. The summed E-state index contributed by atoms with van der Waals surface area (Å²) in [4.78, 5) is 11.7. The van der Waals surface area contributed by atoms with E-state index in [1.807, 2.05) is 30.3 Å². The first-order valence-electron chi connectivity index (χ1n) is 5.74. The summed E-state index contributed by atoms with van der Waals surface area (Å²) < 4.78 is 0. The highest BCUT2D eigenvalue weighted by atomic mass is 35.5. The fourth-order valence-electron chi connectivity index (χ4n) is 1.67. The normalized spacial score (nSPS) is 16.8. The number of hydrogen-bond donors (Lipinski definition) is 1. The molecule has 0 heterocycles. The molecular formula is C13H16ClNO. The fraction of sp³-hybridized carbons (Fsp3) is 0.462. The van der Waals surface area contributed by atoms with Gasteiger partial charge in [0.1, 0.15) is 5.38 Å². The largest absolute Gasteiger partial charge is 0.355 e. The molecule has 0 saturated heterocycles. The van der Waals surface area contributed by atoms with Gasteiger partial charge in [-0.3, -0.25) is 4.79 Å². The van der Waals surface area contributed by atoms with Crippen molar-refractivity contribution >= 4 is 17.5 Å². The highest BCUT2D eigenvalue weighted by molar-refractivity contribution is 6.30. The molecule has 1 saturated carbocycles. The fourth-order valence-corrected chi connectivity index (χ4v) is 1.89. The van der Waals surface area contributed by atoms with Gasteiger partial charge in [-0.25, -0.2) is 0 Å². The molecule has 1 amide bonds. The van der Waals surface area contributed by atoms with Crippen LogP contribution in [0.4, 0.5) is 0 Å². The molecule has 3 heteroatoms. The molecule has 0 radical (unpaired) electrons. The Morgan fingerprint density at radius 1 is 1.38 bits per heavy atom. The standard InChI is InChI=1S/C13H16ClNO/c14-12(11-4-2-1-3-5-11)13(16)15-9-8-10-6-7-10/h1-5,10,12H,6-9H2,(H,15,16). The monoisotopic (exact) mass is 237 g/mol. The van der Waals surface area contributed by atoms with Gasteiger partial charge in [0.25, 0.3) is 0 Å². The zero-order chi connectivity index (χ0) is 11.4. The van der Waals surface area contributed by atoms with E-state index >= 15 is 0 Å². The molecule has 16 heavy (non-hydrogen) atoms. The molecule has 2 rings (SSSR count). The van der Waals surface area contributed by atoms with Crippen molar-refractivity contribution < 1.29 is 4.79 Å². The Kier molecular flexibility index (Phi) is 3.83. The van der Waals surface area contributed by atoms with E-state index in [0.717, 1.165) is 24.4 Å². The quantitative estimate of drug-likeness (QED) is 0.784. The topological polar surface area (TPSA) is 29.1 Å². The number of benzene rings is 1. The Bertz CT molecular complexity index is 348. The van der Waals surface area contributed by atoms with Crippen LogP contribution in [0.5, 0.6) is 0 Å². The Hall–Kier alpha value is -1.02. The minimum atomic E-state index is -0.569. The first-order valence-corrected chi connectivity index (χ1v) is 6.18. The Morgan fingerprint density at radius 3 is 2.69 bits per heavy atom. The lowest BCUT2D eigenvalue weighted by atomic mass is 10.1. The van der Waals surface area contributed by atoms with Gasteiger partial charge in [0.2, 0.25) is 5.91 Å². The van der Waals surface area contributed by atoms with Gasteiger partial charge in [0, 0.05) is 6.54 Å². The zero-order valence-corrected chi connectivity index (χ0v) is 9.91. The van der Waals surface area contributed by atoms with E-state index in [4.69, 9.17) is 11.6 Å². The third-order valence-corrected chi connectivity index (χ3v) is 3.32. The molecule has 1 aliphatic rings. The summed E-state index contributed by atoms with van der Waals surface area (Å²) in [7, 11) is 0. The molecule has 0 spiro atoms. The van der Waals surface area contributed by atoms with E-state index in [-0.39, 0.29) is 5.91 Å². The van der Waals surface area contributed by atoms with Crippen molar-refractivity contribution in [2.45, 2.75) is 24.6 Å². The maximum Gasteiger partial charge on any atom is 0.242 e. The molecule has 86 valence electrons. The van der Waals surface area contributed by atoms with Gasteiger partial charge in [0.05, 0.1) is 0 Å². The van der Waals surface area contributed by atoms with Crippen molar-refractivity contribution in [3.63, 3.8) is 0 Å². The third kappa shape index (κ3) is 3.24. The van der Waals surface area contributed by atoms with Gasteiger partial charge in [-0.05, 0) is 17.9 Å². The van der Waals surface area contributed by atoms with Crippen LogP contribution < -0.4 is 5.32 Å². The second-order valence-electron chi connectivity index (χ2n) is 4.30. The molecule has 1 fully saturated rings. The summed E-state index contributed by atoms with van der Waals surface area (Å²) in [6.07, 6.45) is 3.72. The maximum absolute atomic E-state index is 11.7. The number of hydrogen-bond acceptors (Lipinski definition) is 1. The van der Waals surface area contributed by atoms with Crippen LogP contribution in [0.1, 0.15) is 30.2 Å². The number of carbonyl (C=O) groups is 1. The molecule has 1 atom stereocenters. The van der Waals surface area contributed by atoms with E-state index in [1.54, 1.807) is 0 Å². The number of nitrogens with one attached hydrogen (secondary N) is 1. The number of rotatable bonds is 5. The molecule has 1 aromatic carbocycles. The predicted molar refractivity (Wildman–Crippen MR) is 65.4 cm³/mol. The first-order chi connectivity index (χ1) is 7.77. The minimum absolute atomic E-state index is 0.0893. The van der Waals surface area contributed by atoms with E-state index in [2.05, 4.69) is 5.32 Å². The molecule has 1 aromatic rings. The zero-order valence-electron chi connectivity index (χ0n) is 9.16. The summed E-state index contributed by atoms with van der Waals surface area (Å²) in [5.41, 5.74) is 0.855. The summed E-state index contributed by atoms with van der Waals surface area (Å²) in [5, 5.41) is 2.31. The Morgan fingerprint density at radius 2 is 2.06 bits per heavy atom. The van der Waals surface area contributed by atoms with Crippen LogP contribution in [0.15, 0.2) is 30.3 Å². The first kappa shape index (κ1) is 11.5. The molecule has 0 aliphatic heterocycles. The second kappa shape index (κ2) is 5.35. The van der Waals surface area contributed by atoms with Crippen LogP contribution in [0.3, 0.4) is 0 Å². The van der Waals surface area contributed by atoms with Gasteiger partial charge < -0.3 is 5.32 Å². The van der Waals surface area contributed by atoms with Crippen molar-refractivity contribution in [3.8, 4) is 0 Å². The van der Waals surface area contributed by atoms with Gasteiger partial charge in [-0.1, -0.05) is 43.2 Å². The van der Waals surface area contributed by atoms with Crippen LogP contribution >= 0.6 is 11.6 Å². The van der Waals surface area contributed by atoms with Crippen LogP contribution in [0.2, 0.25) is 0 Å².